The second-order valence-corrected chi connectivity index (χ2v) is 13.3. The van der Waals surface area contributed by atoms with Crippen LogP contribution < -0.4 is 0 Å². The third-order valence-corrected chi connectivity index (χ3v) is 8.94. The highest BCUT2D eigenvalue weighted by molar-refractivity contribution is 6.74. The second-order valence-electron chi connectivity index (χ2n) is 8.52. The molecule has 0 saturated carbocycles. The first-order valence-electron chi connectivity index (χ1n) is 7.53. The Morgan fingerprint density at radius 2 is 1.60 bits per heavy atom. The Kier molecular flexibility index (Phi) is 6.65. The molecule has 120 valence electrons. The van der Waals surface area contributed by atoms with Crippen LogP contribution in [0.1, 0.15) is 54.9 Å². The Morgan fingerprint density at radius 3 is 1.95 bits per heavy atom. The van der Waals surface area contributed by atoms with Gasteiger partial charge in [0.2, 0.25) is 0 Å². The average Bonchev–Trinajstić information content (AvgIpc) is 2.22. The molecule has 0 aromatic heterocycles. The third-order valence-electron chi connectivity index (χ3n) is 4.44. The zero-order valence-corrected chi connectivity index (χ0v) is 15.8. The molecule has 0 amide bonds. The Hall–Kier alpha value is -0.193. The summed E-state index contributed by atoms with van der Waals surface area (Å²) in [6.45, 7) is 19.1. The van der Waals surface area contributed by atoms with E-state index in [2.05, 4.69) is 33.9 Å². The van der Waals surface area contributed by atoms with E-state index in [1.165, 1.54) is 0 Å². The highest BCUT2D eigenvalue weighted by Gasteiger charge is 2.38. The van der Waals surface area contributed by atoms with Gasteiger partial charge in [-0.05, 0) is 23.5 Å². The largest absolute Gasteiger partial charge is 0.416 e. The summed E-state index contributed by atoms with van der Waals surface area (Å²) in [4.78, 5) is 12.1. The van der Waals surface area contributed by atoms with Gasteiger partial charge < -0.3 is 9.53 Å². The minimum Gasteiger partial charge on any atom is -0.416 e. The maximum Gasteiger partial charge on any atom is 0.192 e. The molecule has 0 aliphatic heterocycles. The van der Waals surface area contributed by atoms with Crippen molar-refractivity contribution in [3.05, 3.63) is 0 Å². The molecule has 1 N–H and O–H groups in total. The Bertz CT molecular complexity index is 324. The van der Waals surface area contributed by atoms with Crippen molar-refractivity contribution in [1.29, 1.82) is 0 Å². The standard InChI is InChI=1S/C16H34O3Si/c1-12(11-19-20(8,9)16(5,6)7)13(17)10-14(18)15(2,3)4/h12,14,18H,10-11H2,1-9H3/t12-,14+/m0/s1. The summed E-state index contributed by atoms with van der Waals surface area (Å²) in [5.41, 5.74) is -0.254. The molecule has 0 aromatic carbocycles. The van der Waals surface area contributed by atoms with Crippen LogP contribution in [0.25, 0.3) is 0 Å². The molecule has 0 rings (SSSR count). The molecule has 4 heteroatoms. The summed E-state index contributed by atoms with van der Waals surface area (Å²) >= 11 is 0. The van der Waals surface area contributed by atoms with Gasteiger partial charge in [-0.25, -0.2) is 0 Å². The van der Waals surface area contributed by atoms with Crippen molar-refractivity contribution in [2.24, 2.45) is 11.3 Å². The van der Waals surface area contributed by atoms with E-state index in [4.69, 9.17) is 4.43 Å². The fourth-order valence-corrected chi connectivity index (χ4v) is 2.44. The van der Waals surface area contributed by atoms with Crippen molar-refractivity contribution >= 4 is 14.1 Å². The number of ketones is 1. The van der Waals surface area contributed by atoms with Gasteiger partial charge in [0.15, 0.2) is 8.32 Å². The smallest absolute Gasteiger partial charge is 0.192 e. The van der Waals surface area contributed by atoms with E-state index in [0.717, 1.165) is 0 Å². The van der Waals surface area contributed by atoms with E-state index >= 15 is 0 Å². The molecular weight excluding hydrogens is 268 g/mol. The lowest BCUT2D eigenvalue weighted by molar-refractivity contribution is -0.126. The van der Waals surface area contributed by atoms with Crippen LogP contribution in [0.5, 0.6) is 0 Å². The molecule has 0 spiro atoms. The lowest BCUT2D eigenvalue weighted by Crippen LogP contribution is -2.42. The van der Waals surface area contributed by atoms with Gasteiger partial charge in [-0.2, -0.15) is 0 Å². The SMILES string of the molecule is C[C@@H](CO[Si](C)(C)C(C)(C)C)C(=O)C[C@@H](O)C(C)(C)C. The molecule has 0 fully saturated rings. The van der Waals surface area contributed by atoms with E-state index in [1.807, 2.05) is 27.7 Å². The van der Waals surface area contributed by atoms with E-state index in [9.17, 15) is 9.90 Å². The maximum absolute atomic E-state index is 12.1. The molecule has 0 bridgehead atoms. The van der Waals surface area contributed by atoms with Gasteiger partial charge in [0, 0.05) is 18.9 Å². The molecule has 0 aliphatic carbocycles. The molecule has 2 atom stereocenters. The van der Waals surface area contributed by atoms with Crippen molar-refractivity contribution < 1.29 is 14.3 Å². The number of aliphatic hydroxyl groups excluding tert-OH is 1. The van der Waals surface area contributed by atoms with Crippen LogP contribution in [0.4, 0.5) is 0 Å². The third kappa shape index (κ3) is 6.06. The van der Waals surface area contributed by atoms with Crippen LogP contribution >= 0.6 is 0 Å². The van der Waals surface area contributed by atoms with Gasteiger partial charge in [0.05, 0.1) is 6.10 Å². The summed E-state index contributed by atoms with van der Waals surface area (Å²) < 4.78 is 6.08. The summed E-state index contributed by atoms with van der Waals surface area (Å²) in [6.07, 6.45) is -0.378. The minimum absolute atomic E-state index is 0.0890. The molecule has 0 unspecified atom stereocenters. The first kappa shape index (κ1) is 19.8. The lowest BCUT2D eigenvalue weighted by atomic mass is 9.84. The van der Waals surface area contributed by atoms with Gasteiger partial charge in [-0.3, -0.25) is 4.79 Å². The highest BCUT2D eigenvalue weighted by Crippen LogP contribution is 2.36. The number of carbonyl (C=O) groups excluding carboxylic acids is 1. The number of hydrogen-bond acceptors (Lipinski definition) is 3. The number of Topliss-reactive ketones (excluding diaryl/α,β-unsaturated/α-hetero) is 1. The van der Waals surface area contributed by atoms with Crippen molar-refractivity contribution in [2.75, 3.05) is 6.61 Å². The molecule has 3 nitrogen and oxygen atoms in total. The van der Waals surface area contributed by atoms with Gasteiger partial charge in [-0.15, -0.1) is 0 Å². The van der Waals surface area contributed by atoms with Crippen molar-refractivity contribution in [3.8, 4) is 0 Å². The van der Waals surface area contributed by atoms with Crippen LogP contribution in [0.15, 0.2) is 0 Å². The topological polar surface area (TPSA) is 46.5 Å². The predicted octanol–water partition coefficient (Wildman–Crippen LogP) is 4.01. The normalized spacial score (nSPS) is 16.9. The van der Waals surface area contributed by atoms with Crippen LogP contribution in [-0.4, -0.2) is 31.9 Å². The zero-order chi connectivity index (χ0) is 16.4. The molecule has 0 saturated heterocycles. The molecule has 20 heavy (non-hydrogen) atoms. The van der Waals surface area contributed by atoms with E-state index in [0.29, 0.717) is 6.61 Å². The summed E-state index contributed by atoms with van der Waals surface area (Å²) in [7, 11) is -1.80. The van der Waals surface area contributed by atoms with Gasteiger partial charge in [-0.1, -0.05) is 48.5 Å². The first-order valence-corrected chi connectivity index (χ1v) is 10.4. The first-order chi connectivity index (χ1) is 8.68. The van der Waals surface area contributed by atoms with Crippen molar-refractivity contribution in [1.82, 2.24) is 0 Å². The van der Waals surface area contributed by atoms with E-state index in [1.54, 1.807) is 0 Å². The maximum atomic E-state index is 12.1. The number of carbonyl (C=O) groups is 1. The van der Waals surface area contributed by atoms with Gasteiger partial charge in [0.25, 0.3) is 0 Å². The fourth-order valence-electron chi connectivity index (χ4n) is 1.34. The average molecular weight is 303 g/mol. The fraction of sp³-hybridized carbons (Fsp3) is 0.938. The van der Waals surface area contributed by atoms with Crippen molar-refractivity contribution in [2.45, 2.75) is 79.1 Å². The van der Waals surface area contributed by atoms with E-state index in [-0.39, 0.29) is 28.6 Å². The molecule has 0 aliphatic rings. The molecule has 0 heterocycles. The van der Waals surface area contributed by atoms with Gasteiger partial charge >= 0.3 is 0 Å². The number of hydrogen-bond donors (Lipinski definition) is 1. The zero-order valence-electron chi connectivity index (χ0n) is 14.8. The number of rotatable bonds is 6. The van der Waals surface area contributed by atoms with Crippen molar-refractivity contribution in [3.63, 3.8) is 0 Å². The van der Waals surface area contributed by atoms with Crippen LogP contribution in [0.2, 0.25) is 18.1 Å². The summed E-state index contributed by atoms with van der Waals surface area (Å²) in [6, 6.07) is 0. The monoisotopic (exact) mass is 302 g/mol. The predicted molar refractivity (Wildman–Crippen MR) is 87.4 cm³/mol. The Labute approximate surface area is 126 Å². The molecular formula is C16H34O3Si. The summed E-state index contributed by atoms with van der Waals surface area (Å²) in [5.74, 6) is -0.0627. The second kappa shape index (κ2) is 6.71. The quantitative estimate of drug-likeness (QED) is 0.754. The summed E-state index contributed by atoms with van der Waals surface area (Å²) in [5, 5.41) is 10.2. The molecule has 0 radical (unpaired) electrons. The Balaban J connectivity index is 4.43. The van der Waals surface area contributed by atoms with Crippen LogP contribution in [0, 0.1) is 11.3 Å². The van der Waals surface area contributed by atoms with Crippen LogP contribution in [-0.2, 0) is 9.22 Å². The minimum atomic E-state index is -1.80. The Morgan fingerprint density at radius 1 is 1.15 bits per heavy atom. The number of aliphatic hydroxyl groups is 1. The highest BCUT2D eigenvalue weighted by atomic mass is 28.4. The molecule has 0 aromatic rings. The van der Waals surface area contributed by atoms with Crippen LogP contribution in [0.3, 0.4) is 0 Å². The van der Waals surface area contributed by atoms with Gasteiger partial charge in [0.1, 0.15) is 5.78 Å². The van der Waals surface area contributed by atoms with E-state index < -0.39 is 14.4 Å². The lowest BCUT2D eigenvalue weighted by Gasteiger charge is -2.37.